The number of aromatic nitrogens is 1. The minimum atomic E-state index is -0.712. The van der Waals surface area contributed by atoms with Crippen molar-refractivity contribution in [2.24, 2.45) is 0 Å². The van der Waals surface area contributed by atoms with Gasteiger partial charge in [-0.3, -0.25) is 14.6 Å². The lowest BCUT2D eigenvalue weighted by molar-refractivity contribution is -0.140. The lowest BCUT2D eigenvalue weighted by atomic mass is 9.93. The van der Waals surface area contributed by atoms with Gasteiger partial charge in [-0.2, -0.15) is 0 Å². The van der Waals surface area contributed by atoms with E-state index < -0.39 is 17.7 Å². The first-order valence-electron chi connectivity index (χ1n) is 12.4. The van der Waals surface area contributed by atoms with Crippen LogP contribution in [-0.4, -0.2) is 33.3 Å². The molecule has 1 atom stereocenters. The molecule has 36 heavy (non-hydrogen) atoms. The van der Waals surface area contributed by atoms with Crippen LogP contribution in [0.2, 0.25) is 0 Å². The Kier molecular flexibility index (Phi) is 7.84. The summed E-state index contributed by atoms with van der Waals surface area (Å²) in [5, 5.41) is 11.4. The minimum absolute atomic E-state index is 0.0934. The third kappa shape index (κ3) is 5.18. The number of Topliss-reactive ketones (excluding diaryl/α,β-unsaturated/α-hetero) is 1. The Morgan fingerprint density at radius 1 is 1.06 bits per heavy atom. The molecular weight excluding hydrogens is 452 g/mol. The number of likely N-dealkylation sites (tertiary alicyclic amines) is 1. The molecule has 6 heteroatoms. The summed E-state index contributed by atoms with van der Waals surface area (Å²) in [5.74, 6) is -0.795. The highest BCUT2D eigenvalue weighted by atomic mass is 16.5. The highest BCUT2D eigenvalue weighted by molar-refractivity contribution is 6.46. The topological polar surface area (TPSA) is 79.7 Å². The highest BCUT2D eigenvalue weighted by Gasteiger charge is 2.46. The number of hydrogen-bond donors (Lipinski definition) is 1. The zero-order valence-corrected chi connectivity index (χ0v) is 21.0. The third-order valence-electron chi connectivity index (χ3n) is 6.54. The fourth-order valence-electron chi connectivity index (χ4n) is 4.48. The Labute approximate surface area is 212 Å². The number of aliphatic hydroxyl groups is 1. The Hall–Kier alpha value is -3.93. The highest BCUT2D eigenvalue weighted by Crippen LogP contribution is 2.41. The number of carbonyl (C=O) groups is 2. The first-order valence-corrected chi connectivity index (χ1v) is 12.4. The second-order valence-corrected chi connectivity index (χ2v) is 9.06. The van der Waals surface area contributed by atoms with Gasteiger partial charge in [0.15, 0.2) is 0 Å². The quantitative estimate of drug-likeness (QED) is 0.181. The van der Waals surface area contributed by atoms with Crippen molar-refractivity contribution in [1.82, 2.24) is 9.88 Å². The molecule has 0 bridgehead atoms. The summed E-state index contributed by atoms with van der Waals surface area (Å²) in [5.41, 5.74) is 4.09. The van der Waals surface area contributed by atoms with Crippen LogP contribution in [0, 0.1) is 6.92 Å². The molecule has 1 saturated heterocycles. The van der Waals surface area contributed by atoms with E-state index in [0.717, 1.165) is 41.5 Å². The van der Waals surface area contributed by atoms with Gasteiger partial charge in [-0.15, -0.1) is 0 Å². The number of ether oxygens (including phenoxy) is 1. The number of aliphatic hydroxyl groups excluding tert-OH is 1. The molecule has 0 saturated carbocycles. The Bertz CT molecular complexity index is 1270. The number of nitrogens with zero attached hydrogens (tertiary/aromatic N) is 2. The van der Waals surface area contributed by atoms with E-state index in [1.54, 1.807) is 30.6 Å². The van der Waals surface area contributed by atoms with Gasteiger partial charge in [0.1, 0.15) is 11.5 Å². The zero-order chi connectivity index (χ0) is 25.7. The van der Waals surface area contributed by atoms with Crippen LogP contribution in [0.5, 0.6) is 5.75 Å². The number of ketones is 1. The van der Waals surface area contributed by atoms with E-state index in [2.05, 4.69) is 18.8 Å². The number of carbonyl (C=O) groups excluding carboxylic acids is 2. The molecule has 4 rings (SSSR count). The van der Waals surface area contributed by atoms with Crippen molar-refractivity contribution < 1.29 is 19.4 Å². The normalized spacial score (nSPS) is 17.0. The summed E-state index contributed by atoms with van der Waals surface area (Å²) >= 11 is 0. The molecule has 1 fully saturated rings. The van der Waals surface area contributed by atoms with E-state index >= 15 is 0 Å². The monoisotopic (exact) mass is 484 g/mol. The van der Waals surface area contributed by atoms with Crippen LogP contribution in [0.4, 0.5) is 0 Å². The zero-order valence-electron chi connectivity index (χ0n) is 21.0. The molecule has 1 amide bonds. The molecule has 1 aromatic heterocycles. The minimum Gasteiger partial charge on any atom is -0.507 e. The van der Waals surface area contributed by atoms with Crippen LogP contribution in [0.1, 0.15) is 60.5 Å². The maximum Gasteiger partial charge on any atom is 0.295 e. The summed E-state index contributed by atoms with van der Waals surface area (Å²) in [6.07, 6.45) is 6.21. The first-order chi connectivity index (χ1) is 17.4. The van der Waals surface area contributed by atoms with Crippen molar-refractivity contribution in [1.29, 1.82) is 0 Å². The molecule has 2 heterocycles. The summed E-state index contributed by atoms with van der Waals surface area (Å²) in [4.78, 5) is 32.2. The molecule has 3 aromatic rings. The molecule has 1 aliphatic heterocycles. The number of aryl methyl sites for hydroxylation is 2. The Balaban J connectivity index is 1.78. The van der Waals surface area contributed by atoms with Crippen molar-refractivity contribution in [3.8, 4) is 5.75 Å². The fourth-order valence-corrected chi connectivity index (χ4v) is 4.48. The maximum atomic E-state index is 13.3. The summed E-state index contributed by atoms with van der Waals surface area (Å²) < 4.78 is 5.79. The van der Waals surface area contributed by atoms with Crippen LogP contribution in [0.15, 0.2) is 72.6 Å². The fraction of sp³-hybridized carbons (Fsp3) is 0.300. The van der Waals surface area contributed by atoms with Gasteiger partial charge in [0, 0.05) is 24.5 Å². The molecule has 0 unspecified atom stereocenters. The average molecular weight is 485 g/mol. The molecule has 1 aliphatic rings. The van der Waals surface area contributed by atoms with Crippen molar-refractivity contribution in [3.05, 3.63) is 100 Å². The Morgan fingerprint density at radius 3 is 2.47 bits per heavy atom. The van der Waals surface area contributed by atoms with Gasteiger partial charge in [-0.25, -0.2) is 0 Å². The molecule has 1 N–H and O–H groups in total. The molecule has 186 valence electrons. The maximum absolute atomic E-state index is 13.3. The summed E-state index contributed by atoms with van der Waals surface area (Å²) in [7, 11) is 0. The lowest BCUT2D eigenvalue weighted by Gasteiger charge is -2.25. The Morgan fingerprint density at radius 2 is 1.83 bits per heavy atom. The van der Waals surface area contributed by atoms with Crippen molar-refractivity contribution in [2.75, 3.05) is 6.61 Å². The van der Waals surface area contributed by atoms with Gasteiger partial charge in [-0.1, -0.05) is 50.6 Å². The largest absolute Gasteiger partial charge is 0.507 e. The first kappa shape index (κ1) is 25.2. The third-order valence-corrected chi connectivity index (χ3v) is 6.54. The average Bonchev–Trinajstić information content (AvgIpc) is 3.14. The smallest absolute Gasteiger partial charge is 0.295 e. The van der Waals surface area contributed by atoms with Gasteiger partial charge >= 0.3 is 0 Å². The predicted molar refractivity (Wildman–Crippen MR) is 139 cm³/mol. The van der Waals surface area contributed by atoms with Crippen LogP contribution in [0.3, 0.4) is 0 Å². The van der Waals surface area contributed by atoms with Gasteiger partial charge < -0.3 is 14.7 Å². The number of hydrogen-bond acceptors (Lipinski definition) is 5. The number of benzene rings is 2. The number of amides is 1. The number of unbranched alkanes of at least 4 members (excludes halogenated alkanes) is 1. The van der Waals surface area contributed by atoms with Gasteiger partial charge in [0.2, 0.25) is 0 Å². The van der Waals surface area contributed by atoms with E-state index in [1.165, 1.54) is 4.90 Å². The molecule has 2 aromatic carbocycles. The molecule has 6 nitrogen and oxygen atoms in total. The second kappa shape index (κ2) is 11.2. The SMILES string of the molecule is CCCCOc1ccc(/C(O)=C2\C(=O)C(=O)N(Cc3cccnc3)[C@@H]2c2ccc(CC)cc2)c(C)c1. The van der Waals surface area contributed by atoms with Crippen LogP contribution < -0.4 is 4.74 Å². The van der Waals surface area contributed by atoms with E-state index in [-0.39, 0.29) is 17.9 Å². The van der Waals surface area contributed by atoms with Crippen LogP contribution >= 0.6 is 0 Å². The van der Waals surface area contributed by atoms with E-state index in [1.807, 2.05) is 43.3 Å². The van der Waals surface area contributed by atoms with Crippen molar-refractivity contribution >= 4 is 17.4 Å². The van der Waals surface area contributed by atoms with Gasteiger partial charge in [0.25, 0.3) is 11.7 Å². The van der Waals surface area contributed by atoms with Crippen molar-refractivity contribution in [2.45, 2.75) is 52.6 Å². The van der Waals surface area contributed by atoms with Crippen molar-refractivity contribution in [3.63, 3.8) is 0 Å². The van der Waals surface area contributed by atoms with Crippen LogP contribution in [-0.2, 0) is 22.6 Å². The van der Waals surface area contributed by atoms with E-state index in [4.69, 9.17) is 4.74 Å². The summed E-state index contributed by atoms with van der Waals surface area (Å²) in [6.45, 7) is 6.86. The van der Waals surface area contributed by atoms with Gasteiger partial charge in [0.05, 0.1) is 18.2 Å². The predicted octanol–water partition coefficient (Wildman–Crippen LogP) is 5.75. The summed E-state index contributed by atoms with van der Waals surface area (Å²) in [6, 6.07) is 16.2. The molecular formula is C30H32N2O4. The molecule has 0 spiro atoms. The number of pyridine rings is 1. The van der Waals surface area contributed by atoms with E-state index in [9.17, 15) is 14.7 Å². The second-order valence-electron chi connectivity index (χ2n) is 9.06. The molecule has 0 radical (unpaired) electrons. The van der Waals surface area contributed by atoms with E-state index in [0.29, 0.717) is 17.9 Å². The standard InChI is InChI=1S/C30H32N2O4/c1-4-6-16-36-24-13-14-25(20(3)17-24)28(33)26-27(23-11-9-21(5-2)10-12-23)32(30(35)29(26)34)19-22-8-7-15-31-18-22/h7-15,17-18,27,33H,4-6,16,19H2,1-3H3/b28-26+/t27-/m1/s1. The van der Waals surface area contributed by atoms with Crippen LogP contribution in [0.25, 0.3) is 5.76 Å². The van der Waals surface area contributed by atoms with Gasteiger partial charge in [-0.05, 0) is 66.3 Å². The molecule has 0 aliphatic carbocycles. The lowest BCUT2D eigenvalue weighted by Crippen LogP contribution is -2.29. The number of rotatable bonds is 9.